The molecule has 2 aromatic rings. The Balaban J connectivity index is 1.64. The van der Waals surface area contributed by atoms with Crippen LogP contribution in [0.5, 0.6) is 0 Å². The smallest absolute Gasteiger partial charge is 0.326 e. The number of rotatable bonds is 10. The van der Waals surface area contributed by atoms with Crippen molar-refractivity contribution in [1.29, 1.82) is 0 Å². The third-order valence-corrected chi connectivity index (χ3v) is 6.59. The molecule has 0 bridgehead atoms. The number of carbonyl (C=O) groups is 2. The van der Waals surface area contributed by atoms with Crippen LogP contribution in [0.15, 0.2) is 28.7 Å². The number of carbonyl (C=O) groups excluding carboxylic acids is 1. The molecule has 186 valence electrons. The molecule has 2 unspecified atom stereocenters. The van der Waals surface area contributed by atoms with Gasteiger partial charge in [-0.2, -0.15) is 0 Å². The number of benzene rings is 1. The Bertz CT molecular complexity index is 966. The van der Waals surface area contributed by atoms with Crippen molar-refractivity contribution in [3.8, 4) is 11.5 Å². The normalized spacial score (nSPS) is 19.2. The third-order valence-electron chi connectivity index (χ3n) is 6.59. The molecule has 1 N–H and O–H groups in total. The second-order valence-electron chi connectivity index (χ2n) is 9.74. The van der Waals surface area contributed by atoms with E-state index in [0.717, 1.165) is 42.7 Å². The molecule has 1 aliphatic rings. The number of amides is 1. The number of aromatic nitrogens is 1. The van der Waals surface area contributed by atoms with Gasteiger partial charge in [-0.25, -0.2) is 9.78 Å². The van der Waals surface area contributed by atoms with Gasteiger partial charge in [-0.15, -0.1) is 0 Å². The van der Waals surface area contributed by atoms with E-state index < -0.39 is 12.0 Å². The van der Waals surface area contributed by atoms with Crippen molar-refractivity contribution in [1.82, 2.24) is 9.88 Å². The summed E-state index contributed by atoms with van der Waals surface area (Å²) in [5.41, 5.74) is 2.87. The number of carboxylic acids is 1. The van der Waals surface area contributed by atoms with Gasteiger partial charge in [-0.3, -0.25) is 4.79 Å². The van der Waals surface area contributed by atoms with E-state index in [4.69, 9.17) is 9.15 Å². The number of aryl methyl sites for hydroxylation is 2. The molecule has 7 nitrogen and oxygen atoms in total. The highest BCUT2D eigenvalue weighted by atomic mass is 16.5. The number of oxazole rings is 1. The van der Waals surface area contributed by atoms with E-state index >= 15 is 0 Å². The first-order chi connectivity index (χ1) is 16.2. The molecule has 0 radical (unpaired) electrons. The molecule has 34 heavy (non-hydrogen) atoms. The number of carboxylic acid groups (broad SMARTS) is 1. The van der Waals surface area contributed by atoms with Gasteiger partial charge in [0.1, 0.15) is 17.5 Å². The summed E-state index contributed by atoms with van der Waals surface area (Å²) in [7, 11) is 0. The number of hydrogen-bond donors (Lipinski definition) is 1. The molecule has 1 aromatic heterocycles. The summed E-state index contributed by atoms with van der Waals surface area (Å²) in [5.74, 6) is -0.0541. The summed E-state index contributed by atoms with van der Waals surface area (Å²) in [6.07, 6.45) is 3.80. The first-order valence-corrected chi connectivity index (χ1v) is 12.4. The fourth-order valence-electron chi connectivity index (χ4n) is 4.74. The lowest BCUT2D eigenvalue weighted by Crippen LogP contribution is -2.51. The highest BCUT2D eigenvalue weighted by Gasteiger charge is 2.37. The van der Waals surface area contributed by atoms with Crippen LogP contribution in [0.25, 0.3) is 11.5 Å². The van der Waals surface area contributed by atoms with Gasteiger partial charge in [0.15, 0.2) is 0 Å². The summed E-state index contributed by atoms with van der Waals surface area (Å²) in [6.45, 7) is 10.4. The highest BCUT2D eigenvalue weighted by molar-refractivity contribution is 5.85. The second-order valence-corrected chi connectivity index (χ2v) is 9.74. The van der Waals surface area contributed by atoms with Gasteiger partial charge in [-0.1, -0.05) is 44.9 Å². The van der Waals surface area contributed by atoms with E-state index in [1.54, 1.807) is 4.90 Å². The van der Waals surface area contributed by atoms with Crippen LogP contribution in [0.1, 0.15) is 69.9 Å². The molecule has 7 heteroatoms. The zero-order chi connectivity index (χ0) is 24.8. The minimum absolute atomic E-state index is 0.0597. The molecule has 0 spiro atoms. The zero-order valence-corrected chi connectivity index (χ0v) is 21.0. The van der Waals surface area contributed by atoms with E-state index in [1.807, 2.05) is 58.9 Å². The van der Waals surface area contributed by atoms with Crippen LogP contribution in [0, 0.1) is 25.7 Å². The van der Waals surface area contributed by atoms with Gasteiger partial charge in [0.25, 0.3) is 0 Å². The molecule has 1 aliphatic carbocycles. The number of nitrogens with zero attached hydrogens (tertiary/aromatic N) is 2. The largest absolute Gasteiger partial charge is 0.480 e. The summed E-state index contributed by atoms with van der Waals surface area (Å²) < 4.78 is 12.0. The van der Waals surface area contributed by atoms with Crippen molar-refractivity contribution < 1.29 is 23.8 Å². The van der Waals surface area contributed by atoms with Crippen molar-refractivity contribution in [2.75, 3.05) is 6.54 Å². The first-order valence-electron chi connectivity index (χ1n) is 12.4. The number of hydrogen-bond acceptors (Lipinski definition) is 5. The molecule has 3 rings (SSSR count). The average molecular weight is 471 g/mol. The van der Waals surface area contributed by atoms with Gasteiger partial charge in [0.05, 0.1) is 12.7 Å². The van der Waals surface area contributed by atoms with Gasteiger partial charge in [0, 0.05) is 18.0 Å². The fourth-order valence-corrected chi connectivity index (χ4v) is 4.74. The minimum Gasteiger partial charge on any atom is -0.480 e. The van der Waals surface area contributed by atoms with Gasteiger partial charge in [0.2, 0.25) is 11.8 Å². The van der Waals surface area contributed by atoms with Crippen LogP contribution in [0.4, 0.5) is 0 Å². The Kier molecular flexibility index (Phi) is 8.89. The number of aliphatic carboxylic acids is 1. The second kappa shape index (κ2) is 11.6. The monoisotopic (exact) mass is 470 g/mol. The summed E-state index contributed by atoms with van der Waals surface area (Å²) in [4.78, 5) is 31.5. The lowest BCUT2D eigenvalue weighted by molar-refractivity contribution is -0.155. The predicted octanol–water partition coefficient (Wildman–Crippen LogP) is 5.38. The average Bonchev–Trinajstić information content (AvgIpc) is 3.17. The van der Waals surface area contributed by atoms with Crippen LogP contribution in [-0.2, 0) is 20.9 Å². The Hall–Kier alpha value is -2.67. The molecular weight excluding hydrogens is 432 g/mol. The molecule has 1 fully saturated rings. The highest BCUT2D eigenvalue weighted by Crippen LogP contribution is 2.31. The standard InChI is InChI=1S/C27H38N2O5/c1-6-14-29(24(17(2)3)27(31)32)26(30)21-8-7-9-22(15-21)33-16-23-19(5)34-25(28-23)20-12-10-18(4)11-13-20/h10-13,17,21-22,24H,6-9,14-16H2,1-5H3,(H,31,32)/t21?,22?,24-/m0/s1. The molecule has 3 atom stereocenters. The van der Waals surface area contributed by atoms with E-state index in [2.05, 4.69) is 4.98 Å². The molecule has 0 aliphatic heterocycles. The van der Waals surface area contributed by atoms with Crippen LogP contribution in [0.2, 0.25) is 0 Å². The van der Waals surface area contributed by atoms with Gasteiger partial charge < -0.3 is 19.2 Å². The summed E-state index contributed by atoms with van der Waals surface area (Å²) >= 11 is 0. The van der Waals surface area contributed by atoms with Crippen LogP contribution in [-0.4, -0.2) is 45.6 Å². The van der Waals surface area contributed by atoms with Crippen molar-refractivity contribution in [3.05, 3.63) is 41.3 Å². The Labute approximate surface area is 202 Å². The molecular formula is C27H38N2O5. The fraction of sp³-hybridized carbons (Fsp3) is 0.593. The Morgan fingerprint density at radius 2 is 1.91 bits per heavy atom. The van der Waals surface area contributed by atoms with Crippen molar-refractivity contribution >= 4 is 11.9 Å². The summed E-state index contributed by atoms with van der Waals surface area (Å²) in [6, 6.07) is 7.24. The topological polar surface area (TPSA) is 92.9 Å². The predicted molar refractivity (Wildman–Crippen MR) is 130 cm³/mol. The maximum atomic E-state index is 13.4. The van der Waals surface area contributed by atoms with Crippen LogP contribution < -0.4 is 0 Å². The Morgan fingerprint density at radius 1 is 1.21 bits per heavy atom. The van der Waals surface area contributed by atoms with Crippen molar-refractivity contribution in [2.24, 2.45) is 11.8 Å². The molecule has 1 aromatic carbocycles. The zero-order valence-electron chi connectivity index (χ0n) is 21.0. The molecule has 1 saturated carbocycles. The van der Waals surface area contributed by atoms with Crippen LogP contribution >= 0.6 is 0 Å². The van der Waals surface area contributed by atoms with Crippen molar-refractivity contribution in [3.63, 3.8) is 0 Å². The Morgan fingerprint density at radius 3 is 2.53 bits per heavy atom. The molecule has 0 saturated heterocycles. The lowest BCUT2D eigenvalue weighted by Gasteiger charge is -2.36. The van der Waals surface area contributed by atoms with Crippen molar-refractivity contribution in [2.45, 2.75) is 85.5 Å². The maximum absolute atomic E-state index is 13.4. The SMILES string of the molecule is CCCN(C(=O)C1CCCC(OCc2nc(-c3ccc(C)cc3)oc2C)C1)[C@H](C(=O)O)C(C)C. The van der Waals surface area contributed by atoms with E-state index in [1.165, 1.54) is 5.56 Å². The molecule has 1 heterocycles. The summed E-state index contributed by atoms with van der Waals surface area (Å²) in [5, 5.41) is 9.74. The quantitative estimate of drug-likeness (QED) is 0.501. The molecule has 1 amide bonds. The maximum Gasteiger partial charge on any atom is 0.326 e. The first kappa shape index (κ1) is 25.9. The number of ether oxygens (including phenoxy) is 1. The van der Waals surface area contributed by atoms with E-state index in [-0.39, 0.29) is 23.8 Å². The van der Waals surface area contributed by atoms with Gasteiger partial charge >= 0.3 is 5.97 Å². The third kappa shape index (κ3) is 6.26. The van der Waals surface area contributed by atoms with E-state index in [9.17, 15) is 14.7 Å². The minimum atomic E-state index is -0.939. The van der Waals surface area contributed by atoms with Gasteiger partial charge in [-0.05, 0) is 57.6 Å². The lowest BCUT2D eigenvalue weighted by atomic mass is 9.85. The van der Waals surface area contributed by atoms with E-state index in [0.29, 0.717) is 25.5 Å². The van der Waals surface area contributed by atoms with Crippen LogP contribution in [0.3, 0.4) is 0 Å².